The number of sulfone groups is 1. The molecule has 0 unspecified atom stereocenters. The molecular weight excluding hydrogens is 316 g/mol. The topological polar surface area (TPSA) is 72.8 Å². The minimum absolute atomic E-state index is 0.135. The molecule has 0 spiro atoms. The maximum Gasteiger partial charge on any atom is 0.175 e. The van der Waals surface area contributed by atoms with Crippen LogP contribution in [0.4, 0.5) is 0 Å². The van der Waals surface area contributed by atoms with E-state index in [1.165, 1.54) is 32.4 Å². The molecule has 0 radical (unpaired) electrons. The van der Waals surface area contributed by atoms with Crippen molar-refractivity contribution in [2.24, 2.45) is 0 Å². The molecule has 0 heterocycles. The Labute approximate surface area is 135 Å². The van der Waals surface area contributed by atoms with E-state index < -0.39 is 9.84 Å². The van der Waals surface area contributed by atoms with Crippen molar-refractivity contribution in [2.45, 2.75) is 5.75 Å². The third kappa shape index (κ3) is 4.75. The van der Waals surface area contributed by atoms with Gasteiger partial charge in [0.05, 0.1) is 20.0 Å². The summed E-state index contributed by atoms with van der Waals surface area (Å²) in [6, 6.07) is 11.3. The summed E-state index contributed by atoms with van der Waals surface area (Å²) >= 11 is 0. The third-order valence-electron chi connectivity index (χ3n) is 3.18. The quantitative estimate of drug-likeness (QED) is 0.879. The molecule has 0 aromatic heterocycles. The summed E-state index contributed by atoms with van der Waals surface area (Å²) in [5.74, 6) is 1.04. The minimum atomic E-state index is -3.43. The maximum absolute atomic E-state index is 12.2. The van der Waals surface area contributed by atoms with Crippen molar-refractivity contribution in [3.05, 3.63) is 59.0 Å². The third-order valence-corrected chi connectivity index (χ3v) is 4.46. The van der Waals surface area contributed by atoms with Crippen LogP contribution in [0.5, 0.6) is 17.2 Å². The summed E-state index contributed by atoms with van der Waals surface area (Å²) in [4.78, 5) is 0. The number of hydrogen-bond acceptors (Lipinski definition) is 5. The molecule has 5 nitrogen and oxygen atoms in total. The van der Waals surface area contributed by atoms with E-state index >= 15 is 0 Å². The van der Waals surface area contributed by atoms with E-state index in [4.69, 9.17) is 9.47 Å². The normalized spacial score (nSPS) is 11.6. The van der Waals surface area contributed by atoms with E-state index in [1.54, 1.807) is 30.3 Å². The molecule has 2 aromatic rings. The van der Waals surface area contributed by atoms with Gasteiger partial charge in [0.2, 0.25) is 0 Å². The van der Waals surface area contributed by atoms with Crippen molar-refractivity contribution in [2.75, 3.05) is 14.2 Å². The first-order valence-electron chi connectivity index (χ1n) is 6.84. The van der Waals surface area contributed by atoms with Gasteiger partial charge >= 0.3 is 0 Å². The van der Waals surface area contributed by atoms with Gasteiger partial charge in [-0.05, 0) is 41.5 Å². The zero-order chi connectivity index (χ0) is 16.9. The zero-order valence-corrected chi connectivity index (χ0v) is 13.7. The molecule has 6 heteroatoms. The van der Waals surface area contributed by atoms with Gasteiger partial charge in [0.1, 0.15) is 5.75 Å². The van der Waals surface area contributed by atoms with E-state index in [0.29, 0.717) is 22.6 Å². The van der Waals surface area contributed by atoms with Gasteiger partial charge in [-0.3, -0.25) is 0 Å². The van der Waals surface area contributed by atoms with Crippen LogP contribution in [0.3, 0.4) is 0 Å². The predicted octanol–water partition coefficient (Wildman–Crippen LogP) is 3.00. The predicted molar refractivity (Wildman–Crippen MR) is 89.3 cm³/mol. The molecule has 0 saturated carbocycles. The molecular formula is C17H18O5S. The summed E-state index contributed by atoms with van der Waals surface area (Å²) in [5.41, 5.74) is 1.30. The van der Waals surface area contributed by atoms with Gasteiger partial charge in [0.25, 0.3) is 0 Å². The molecule has 2 aromatic carbocycles. The summed E-state index contributed by atoms with van der Waals surface area (Å²) < 4.78 is 34.7. The number of phenolic OH excluding ortho intramolecular Hbond substituents is 1. The van der Waals surface area contributed by atoms with Crippen molar-refractivity contribution in [1.82, 2.24) is 0 Å². The second-order valence-electron chi connectivity index (χ2n) is 4.89. The highest BCUT2D eigenvalue weighted by Gasteiger charge is 2.11. The summed E-state index contributed by atoms with van der Waals surface area (Å²) in [6.07, 6.45) is 1.50. The smallest absolute Gasteiger partial charge is 0.175 e. The van der Waals surface area contributed by atoms with Crippen molar-refractivity contribution in [1.29, 1.82) is 0 Å². The largest absolute Gasteiger partial charge is 0.508 e. The number of aromatic hydroxyl groups is 1. The van der Waals surface area contributed by atoms with Crippen LogP contribution < -0.4 is 9.47 Å². The molecule has 23 heavy (non-hydrogen) atoms. The van der Waals surface area contributed by atoms with Crippen LogP contribution in [0.15, 0.2) is 47.9 Å². The van der Waals surface area contributed by atoms with Gasteiger partial charge < -0.3 is 14.6 Å². The molecule has 2 rings (SSSR count). The minimum Gasteiger partial charge on any atom is -0.508 e. The zero-order valence-electron chi connectivity index (χ0n) is 12.9. The molecule has 1 N–H and O–H groups in total. The average Bonchev–Trinajstić information content (AvgIpc) is 2.54. The number of hydrogen-bond donors (Lipinski definition) is 1. The first-order chi connectivity index (χ1) is 10.9. The van der Waals surface area contributed by atoms with Crippen molar-refractivity contribution in [3.8, 4) is 17.2 Å². The van der Waals surface area contributed by atoms with Crippen molar-refractivity contribution in [3.63, 3.8) is 0 Å². The second-order valence-corrected chi connectivity index (χ2v) is 6.78. The second kappa shape index (κ2) is 7.19. The number of phenols is 1. The SMILES string of the molecule is COc1ccc(CS(=O)(=O)C=Cc2ccc(O)cc2)cc1OC. The lowest BCUT2D eigenvalue weighted by Gasteiger charge is -2.09. The van der Waals surface area contributed by atoms with Crippen LogP contribution in [0.25, 0.3) is 6.08 Å². The van der Waals surface area contributed by atoms with E-state index in [1.807, 2.05) is 0 Å². The molecule has 0 amide bonds. The van der Waals surface area contributed by atoms with E-state index in [9.17, 15) is 13.5 Å². The molecule has 0 aliphatic heterocycles. The molecule has 0 saturated heterocycles. The molecule has 122 valence electrons. The standard InChI is InChI=1S/C17H18O5S/c1-21-16-8-5-14(11-17(16)22-2)12-23(19,20)10-9-13-3-6-15(18)7-4-13/h3-11,18H,12H2,1-2H3. The van der Waals surface area contributed by atoms with Crippen LogP contribution in [-0.4, -0.2) is 27.7 Å². The highest BCUT2D eigenvalue weighted by Crippen LogP contribution is 2.28. The first kappa shape index (κ1) is 16.9. The number of methoxy groups -OCH3 is 2. The molecule has 0 atom stereocenters. The van der Waals surface area contributed by atoms with Gasteiger partial charge in [-0.2, -0.15) is 0 Å². The Kier molecular flexibility index (Phi) is 5.28. The molecule has 0 aliphatic carbocycles. The van der Waals surface area contributed by atoms with E-state index in [2.05, 4.69) is 0 Å². The van der Waals surface area contributed by atoms with Gasteiger partial charge in [-0.25, -0.2) is 8.42 Å². The Bertz CT molecular complexity index is 792. The summed E-state index contributed by atoms with van der Waals surface area (Å²) in [7, 11) is -0.404. The van der Waals surface area contributed by atoms with Crippen LogP contribution >= 0.6 is 0 Å². The van der Waals surface area contributed by atoms with Crippen LogP contribution in [-0.2, 0) is 15.6 Å². The fraction of sp³-hybridized carbons (Fsp3) is 0.176. The Morgan fingerprint density at radius 1 is 1.00 bits per heavy atom. The van der Waals surface area contributed by atoms with E-state index in [0.717, 1.165) is 5.41 Å². The van der Waals surface area contributed by atoms with E-state index in [-0.39, 0.29) is 11.5 Å². The fourth-order valence-corrected chi connectivity index (χ4v) is 3.12. The van der Waals surface area contributed by atoms with Crippen LogP contribution in [0.2, 0.25) is 0 Å². The number of benzene rings is 2. The highest BCUT2D eigenvalue weighted by atomic mass is 32.2. The lowest BCUT2D eigenvalue weighted by atomic mass is 10.2. The number of rotatable bonds is 6. The van der Waals surface area contributed by atoms with Crippen LogP contribution in [0.1, 0.15) is 11.1 Å². The van der Waals surface area contributed by atoms with Crippen molar-refractivity contribution >= 4 is 15.9 Å². The van der Waals surface area contributed by atoms with Gasteiger partial charge in [-0.1, -0.05) is 18.2 Å². The fourth-order valence-electron chi connectivity index (χ4n) is 2.02. The lowest BCUT2D eigenvalue weighted by molar-refractivity contribution is 0.354. The van der Waals surface area contributed by atoms with Crippen molar-refractivity contribution < 1.29 is 23.0 Å². The molecule has 0 bridgehead atoms. The maximum atomic E-state index is 12.2. The number of ether oxygens (including phenoxy) is 2. The summed E-state index contributed by atoms with van der Waals surface area (Å²) in [6.45, 7) is 0. The van der Waals surface area contributed by atoms with Gasteiger partial charge in [-0.15, -0.1) is 0 Å². The molecule has 0 fully saturated rings. The Balaban J connectivity index is 2.16. The lowest BCUT2D eigenvalue weighted by Crippen LogP contribution is -2.01. The summed E-state index contributed by atoms with van der Waals surface area (Å²) in [5, 5.41) is 10.4. The van der Waals surface area contributed by atoms with Gasteiger partial charge in [0, 0.05) is 5.41 Å². The average molecular weight is 334 g/mol. The first-order valence-corrected chi connectivity index (χ1v) is 8.56. The van der Waals surface area contributed by atoms with Gasteiger partial charge in [0.15, 0.2) is 21.3 Å². The Hall–Kier alpha value is -2.47. The monoisotopic (exact) mass is 334 g/mol. The Morgan fingerprint density at radius 3 is 2.26 bits per heavy atom. The highest BCUT2D eigenvalue weighted by molar-refractivity contribution is 7.93. The molecule has 0 aliphatic rings. The Morgan fingerprint density at radius 2 is 1.65 bits per heavy atom. The van der Waals surface area contributed by atoms with Crippen LogP contribution in [0, 0.1) is 0 Å².